The third-order valence-corrected chi connectivity index (χ3v) is 4.56. The van der Waals surface area contributed by atoms with E-state index in [0.717, 1.165) is 32.2 Å². The number of piperidine rings is 1. The van der Waals surface area contributed by atoms with Crippen molar-refractivity contribution in [3.63, 3.8) is 0 Å². The quantitative estimate of drug-likeness (QED) is 0.807. The first kappa shape index (κ1) is 15.2. The highest BCUT2D eigenvalue weighted by atomic mass is 16.5. The van der Waals surface area contributed by atoms with Gasteiger partial charge in [0.25, 0.3) is 0 Å². The molecule has 4 nitrogen and oxygen atoms in total. The molecule has 19 heavy (non-hydrogen) atoms. The van der Waals surface area contributed by atoms with Crippen LogP contribution in [-0.4, -0.2) is 74.9 Å². The van der Waals surface area contributed by atoms with Crippen molar-refractivity contribution in [1.82, 2.24) is 15.1 Å². The van der Waals surface area contributed by atoms with E-state index in [1.807, 2.05) is 0 Å². The fraction of sp³-hybridized carbons (Fsp3) is 1.00. The predicted molar refractivity (Wildman–Crippen MR) is 79.5 cm³/mol. The number of ether oxygens (including phenoxy) is 1. The van der Waals surface area contributed by atoms with Gasteiger partial charge in [-0.25, -0.2) is 0 Å². The minimum atomic E-state index is 0.414. The van der Waals surface area contributed by atoms with Crippen molar-refractivity contribution >= 4 is 0 Å². The zero-order valence-electron chi connectivity index (χ0n) is 12.9. The zero-order valence-corrected chi connectivity index (χ0v) is 12.9. The molecule has 2 heterocycles. The van der Waals surface area contributed by atoms with Gasteiger partial charge < -0.3 is 15.0 Å². The fourth-order valence-electron chi connectivity index (χ4n) is 3.27. The minimum Gasteiger partial charge on any atom is -0.374 e. The molecule has 1 N–H and O–H groups in total. The minimum absolute atomic E-state index is 0.414. The van der Waals surface area contributed by atoms with E-state index in [9.17, 15) is 0 Å². The largest absolute Gasteiger partial charge is 0.374 e. The van der Waals surface area contributed by atoms with Crippen LogP contribution in [0.25, 0.3) is 0 Å². The number of morpholine rings is 1. The molecule has 0 saturated carbocycles. The third-order valence-electron chi connectivity index (χ3n) is 4.56. The van der Waals surface area contributed by atoms with Gasteiger partial charge in [-0.2, -0.15) is 0 Å². The highest BCUT2D eigenvalue weighted by molar-refractivity contribution is 4.80. The Morgan fingerprint density at radius 2 is 1.95 bits per heavy atom. The molecule has 0 aliphatic carbocycles. The maximum Gasteiger partial charge on any atom is 0.0829 e. The van der Waals surface area contributed by atoms with Crippen LogP contribution in [0.4, 0.5) is 0 Å². The standard InChI is InChI=1S/C15H31N3O/c1-13(2)18-8-9-19-15(12-18)11-17-6-4-14(5-7-17)10-16-3/h13-16H,4-12H2,1-3H3. The van der Waals surface area contributed by atoms with Gasteiger partial charge in [0.1, 0.15) is 0 Å². The van der Waals surface area contributed by atoms with Crippen molar-refractivity contribution in [2.24, 2.45) is 5.92 Å². The van der Waals surface area contributed by atoms with Crippen molar-refractivity contribution in [1.29, 1.82) is 0 Å². The second-order valence-corrected chi connectivity index (χ2v) is 6.38. The van der Waals surface area contributed by atoms with Gasteiger partial charge in [0, 0.05) is 25.7 Å². The molecule has 0 radical (unpaired) electrons. The first-order valence-electron chi connectivity index (χ1n) is 7.91. The van der Waals surface area contributed by atoms with Gasteiger partial charge in [-0.1, -0.05) is 0 Å². The summed E-state index contributed by atoms with van der Waals surface area (Å²) in [6.45, 7) is 12.5. The van der Waals surface area contributed by atoms with Crippen LogP contribution in [0, 0.1) is 5.92 Å². The summed E-state index contributed by atoms with van der Waals surface area (Å²) < 4.78 is 5.94. The van der Waals surface area contributed by atoms with Crippen LogP contribution in [0.1, 0.15) is 26.7 Å². The molecule has 0 spiro atoms. The number of hydrogen-bond donors (Lipinski definition) is 1. The molecule has 112 valence electrons. The van der Waals surface area contributed by atoms with Gasteiger partial charge in [0.2, 0.25) is 0 Å². The van der Waals surface area contributed by atoms with Gasteiger partial charge in [0.05, 0.1) is 12.7 Å². The summed E-state index contributed by atoms with van der Waals surface area (Å²) in [6, 6.07) is 0.646. The van der Waals surface area contributed by atoms with Gasteiger partial charge in [-0.3, -0.25) is 4.90 Å². The van der Waals surface area contributed by atoms with E-state index in [-0.39, 0.29) is 0 Å². The smallest absolute Gasteiger partial charge is 0.0829 e. The van der Waals surface area contributed by atoms with Crippen LogP contribution in [0.5, 0.6) is 0 Å². The molecule has 0 aromatic carbocycles. The van der Waals surface area contributed by atoms with Crippen molar-refractivity contribution in [3.8, 4) is 0 Å². The average molecular weight is 269 g/mol. The summed E-state index contributed by atoms with van der Waals surface area (Å²) in [5.41, 5.74) is 0. The molecular formula is C15H31N3O. The molecule has 2 fully saturated rings. The van der Waals surface area contributed by atoms with Crippen molar-refractivity contribution < 1.29 is 4.74 Å². The summed E-state index contributed by atoms with van der Waals surface area (Å²) >= 11 is 0. The van der Waals surface area contributed by atoms with E-state index in [0.29, 0.717) is 12.1 Å². The second kappa shape index (κ2) is 7.58. The van der Waals surface area contributed by atoms with Crippen LogP contribution in [0.3, 0.4) is 0 Å². The Bertz CT molecular complexity index is 252. The van der Waals surface area contributed by atoms with E-state index < -0.39 is 0 Å². The van der Waals surface area contributed by atoms with Gasteiger partial charge >= 0.3 is 0 Å². The Labute approximate surface area is 118 Å². The lowest BCUT2D eigenvalue weighted by Crippen LogP contribution is -2.51. The van der Waals surface area contributed by atoms with E-state index in [4.69, 9.17) is 4.74 Å². The fourth-order valence-corrected chi connectivity index (χ4v) is 3.27. The summed E-state index contributed by atoms with van der Waals surface area (Å²) in [4.78, 5) is 5.14. The Hall–Kier alpha value is -0.160. The normalized spacial score (nSPS) is 28.1. The first-order valence-corrected chi connectivity index (χ1v) is 7.91. The zero-order chi connectivity index (χ0) is 13.7. The van der Waals surface area contributed by atoms with Gasteiger partial charge in [-0.05, 0) is 59.3 Å². The summed E-state index contributed by atoms with van der Waals surface area (Å²) in [7, 11) is 2.06. The summed E-state index contributed by atoms with van der Waals surface area (Å²) in [5, 5.41) is 3.30. The molecule has 0 amide bonds. The van der Waals surface area contributed by atoms with Gasteiger partial charge in [0.15, 0.2) is 0 Å². The number of hydrogen-bond acceptors (Lipinski definition) is 4. The van der Waals surface area contributed by atoms with Crippen molar-refractivity contribution in [3.05, 3.63) is 0 Å². The molecule has 4 heteroatoms. The van der Waals surface area contributed by atoms with E-state index >= 15 is 0 Å². The van der Waals surface area contributed by atoms with Crippen LogP contribution < -0.4 is 5.32 Å². The molecule has 0 bridgehead atoms. The van der Waals surface area contributed by atoms with Crippen LogP contribution in [-0.2, 0) is 4.74 Å². The molecule has 2 saturated heterocycles. The molecule has 2 aliphatic rings. The van der Waals surface area contributed by atoms with E-state index in [2.05, 4.69) is 36.0 Å². The van der Waals surface area contributed by atoms with E-state index in [1.165, 1.54) is 32.5 Å². The Balaban J connectivity index is 1.70. The molecule has 2 aliphatic heterocycles. The Kier molecular flexibility index (Phi) is 6.07. The SMILES string of the molecule is CNCC1CCN(CC2CN(C(C)C)CCO2)CC1. The molecule has 2 rings (SSSR count). The highest BCUT2D eigenvalue weighted by Gasteiger charge is 2.26. The maximum absolute atomic E-state index is 5.94. The maximum atomic E-state index is 5.94. The lowest BCUT2D eigenvalue weighted by Gasteiger charge is -2.39. The van der Waals surface area contributed by atoms with Crippen molar-refractivity contribution in [2.75, 3.05) is 52.9 Å². The van der Waals surface area contributed by atoms with Crippen LogP contribution in [0.2, 0.25) is 0 Å². The average Bonchev–Trinajstić information content (AvgIpc) is 2.42. The lowest BCUT2D eigenvalue weighted by atomic mass is 9.96. The second-order valence-electron chi connectivity index (χ2n) is 6.38. The molecule has 0 aromatic rings. The first-order chi connectivity index (χ1) is 9.19. The number of rotatable bonds is 5. The Morgan fingerprint density at radius 1 is 1.21 bits per heavy atom. The Morgan fingerprint density at radius 3 is 2.58 bits per heavy atom. The predicted octanol–water partition coefficient (Wildman–Crippen LogP) is 1.03. The molecule has 0 aromatic heterocycles. The van der Waals surface area contributed by atoms with Gasteiger partial charge in [-0.15, -0.1) is 0 Å². The monoisotopic (exact) mass is 269 g/mol. The molecular weight excluding hydrogens is 238 g/mol. The third kappa shape index (κ3) is 4.71. The van der Waals surface area contributed by atoms with E-state index in [1.54, 1.807) is 0 Å². The number of likely N-dealkylation sites (tertiary alicyclic amines) is 1. The van der Waals surface area contributed by atoms with Crippen molar-refractivity contribution in [2.45, 2.75) is 38.8 Å². The lowest BCUT2D eigenvalue weighted by molar-refractivity contribution is -0.0550. The van der Waals surface area contributed by atoms with Crippen LogP contribution in [0.15, 0.2) is 0 Å². The highest BCUT2D eigenvalue weighted by Crippen LogP contribution is 2.18. The molecule has 1 atom stereocenters. The summed E-state index contributed by atoms with van der Waals surface area (Å²) in [5.74, 6) is 0.876. The number of nitrogens with one attached hydrogen (secondary N) is 1. The summed E-state index contributed by atoms with van der Waals surface area (Å²) in [6.07, 6.45) is 3.08. The molecule has 1 unspecified atom stereocenters. The topological polar surface area (TPSA) is 27.7 Å². The van der Waals surface area contributed by atoms with Crippen LogP contribution >= 0.6 is 0 Å². The number of nitrogens with zero attached hydrogens (tertiary/aromatic N) is 2.